The lowest BCUT2D eigenvalue weighted by Crippen LogP contribution is -2.53. The maximum Gasteiger partial charge on any atom is 0.0250 e. The molecule has 106 valence electrons. The van der Waals surface area contributed by atoms with Crippen molar-refractivity contribution < 1.29 is 0 Å². The molecule has 0 spiro atoms. The van der Waals surface area contributed by atoms with Gasteiger partial charge in [0.2, 0.25) is 0 Å². The predicted molar refractivity (Wildman–Crippen MR) is 78.5 cm³/mol. The number of nitrogens with zero attached hydrogens (tertiary/aromatic N) is 1. The molecule has 0 saturated heterocycles. The summed E-state index contributed by atoms with van der Waals surface area (Å²) >= 11 is 0. The molecule has 2 N–H and O–H groups in total. The number of rotatable bonds is 4. The summed E-state index contributed by atoms with van der Waals surface area (Å²) in [6.45, 7) is 11.9. The van der Waals surface area contributed by atoms with Crippen molar-refractivity contribution in [2.45, 2.75) is 71.9 Å². The summed E-state index contributed by atoms with van der Waals surface area (Å²) in [5, 5.41) is 0. The molecule has 2 saturated carbocycles. The van der Waals surface area contributed by atoms with Gasteiger partial charge in [-0.05, 0) is 55.9 Å². The van der Waals surface area contributed by atoms with Crippen LogP contribution in [0.3, 0.4) is 0 Å². The molecule has 0 aliphatic heterocycles. The Hall–Kier alpha value is -0.0800. The molecule has 3 unspecified atom stereocenters. The van der Waals surface area contributed by atoms with E-state index in [4.69, 9.17) is 5.73 Å². The molecule has 2 heteroatoms. The molecular weight excluding hydrogens is 220 g/mol. The average molecular weight is 252 g/mol. The van der Waals surface area contributed by atoms with Crippen LogP contribution in [0.5, 0.6) is 0 Å². The highest BCUT2D eigenvalue weighted by Gasteiger charge is 2.38. The van der Waals surface area contributed by atoms with Gasteiger partial charge in [-0.3, -0.25) is 4.90 Å². The molecule has 0 radical (unpaired) electrons. The number of hydrogen-bond acceptors (Lipinski definition) is 2. The Bertz CT molecular complexity index is 265. The van der Waals surface area contributed by atoms with Gasteiger partial charge in [0.05, 0.1) is 0 Å². The highest BCUT2D eigenvalue weighted by atomic mass is 15.2. The second kappa shape index (κ2) is 5.50. The van der Waals surface area contributed by atoms with Crippen LogP contribution in [-0.4, -0.2) is 30.1 Å². The minimum atomic E-state index is 0.405. The zero-order valence-electron chi connectivity index (χ0n) is 12.8. The molecule has 2 nitrogen and oxygen atoms in total. The fraction of sp³-hybridized carbons (Fsp3) is 1.00. The van der Waals surface area contributed by atoms with Crippen LogP contribution in [0.15, 0.2) is 0 Å². The van der Waals surface area contributed by atoms with Crippen molar-refractivity contribution in [3.8, 4) is 0 Å². The number of nitrogens with two attached hydrogens (primary N) is 1. The standard InChI is InChI=1S/C16H32N2/c1-5-18(11-12-6-7-12)15-10-13(16(2,3)4)8-9-14(15)17/h12-15H,5-11,17H2,1-4H3. The van der Waals surface area contributed by atoms with Crippen molar-refractivity contribution in [2.75, 3.05) is 13.1 Å². The van der Waals surface area contributed by atoms with Crippen LogP contribution < -0.4 is 5.73 Å². The first-order valence-corrected chi connectivity index (χ1v) is 7.91. The summed E-state index contributed by atoms with van der Waals surface area (Å²) in [5.74, 6) is 1.82. The Morgan fingerprint density at radius 1 is 1.11 bits per heavy atom. The third-order valence-electron chi connectivity index (χ3n) is 5.16. The fourth-order valence-electron chi connectivity index (χ4n) is 3.51. The van der Waals surface area contributed by atoms with E-state index in [1.165, 1.54) is 45.2 Å². The SMILES string of the molecule is CCN(CC1CC1)C1CC(C(C)(C)C)CCC1N. The van der Waals surface area contributed by atoms with Gasteiger partial charge < -0.3 is 5.73 Å². The quantitative estimate of drug-likeness (QED) is 0.832. The van der Waals surface area contributed by atoms with Gasteiger partial charge in [0.15, 0.2) is 0 Å². The summed E-state index contributed by atoms with van der Waals surface area (Å²) in [6, 6.07) is 1.04. The van der Waals surface area contributed by atoms with Gasteiger partial charge in [-0.1, -0.05) is 27.7 Å². The summed E-state index contributed by atoms with van der Waals surface area (Å²) in [6.07, 6.45) is 6.74. The topological polar surface area (TPSA) is 29.3 Å². The van der Waals surface area contributed by atoms with Crippen molar-refractivity contribution >= 4 is 0 Å². The van der Waals surface area contributed by atoms with E-state index in [1.807, 2.05) is 0 Å². The first-order chi connectivity index (χ1) is 8.41. The molecule has 2 aliphatic carbocycles. The molecule has 0 bridgehead atoms. The van der Waals surface area contributed by atoms with E-state index >= 15 is 0 Å². The first kappa shape index (κ1) is 14.3. The maximum atomic E-state index is 6.42. The van der Waals surface area contributed by atoms with Crippen LogP contribution in [-0.2, 0) is 0 Å². The van der Waals surface area contributed by atoms with Gasteiger partial charge in [0.1, 0.15) is 0 Å². The van der Waals surface area contributed by atoms with E-state index in [0.717, 1.165) is 11.8 Å². The number of hydrogen-bond donors (Lipinski definition) is 1. The van der Waals surface area contributed by atoms with Crippen LogP contribution in [0.2, 0.25) is 0 Å². The fourth-order valence-corrected chi connectivity index (χ4v) is 3.51. The van der Waals surface area contributed by atoms with Crippen molar-refractivity contribution in [3.63, 3.8) is 0 Å². The van der Waals surface area contributed by atoms with Crippen molar-refractivity contribution in [1.29, 1.82) is 0 Å². The molecule has 0 aromatic heterocycles. The monoisotopic (exact) mass is 252 g/mol. The van der Waals surface area contributed by atoms with E-state index in [1.54, 1.807) is 0 Å². The van der Waals surface area contributed by atoms with Gasteiger partial charge in [0, 0.05) is 18.6 Å². The van der Waals surface area contributed by atoms with Crippen LogP contribution in [0, 0.1) is 17.3 Å². The van der Waals surface area contributed by atoms with E-state index < -0.39 is 0 Å². The van der Waals surface area contributed by atoms with Crippen LogP contribution in [0.1, 0.15) is 59.8 Å². The predicted octanol–water partition coefficient (Wildman–Crippen LogP) is 3.26. The second-order valence-corrected chi connectivity index (χ2v) is 7.64. The molecule has 2 rings (SSSR count). The van der Waals surface area contributed by atoms with E-state index in [9.17, 15) is 0 Å². The molecule has 2 fully saturated rings. The Morgan fingerprint density at radius 2 is 1.78 bits per heavy atom. The normalized spacial score (nSPS) is 34.0. The smallest absolute Gasteiger partial charge is 0.0250 e. The lowest BCUT2D eigenvalue weighted by atomic mass is 9.69. The van der Waals surface area contributed by atoms with Crippen molar-refractivity contribution in [2.24, 2.45) is 23.0 Å². The summed E-state index contributed by atoms with van der Waals surface area (Å²) in [7, 11) is 0. The molecular formula is C16H32N2. The molecule has 0 amide bonds. The highest BCUT2D eigenvalue weighted by Crippen LogP contribution is 2.40. The van der Waals surface area contributed by atoms with Crippen molar-refractivity contribution in [1.82, 2.24) is 4.90 Å². The Balaban J connectivity index is 1.98. The molecule has 0 aromatic rings. The van der Waals surface area contributed by atoms with Gasteiger partial charge in [-0.15, -0.1) is 0 Å². The summed E-state index contributed by atoms with van der Waals surface area (Å²) in [5.41, 5.74) is 6.86. The Labute approximate surface area is 113 Å². The third kappa shape index (κ3) is 3.48. The van der Waals surface area contributed by atoms with Crippen molar-refractivity contribution in [3.05, 3.63) is 0 Å². The van der Waals surface area contributed by atoms with Crippen LogP contribution >= 0.6 is 0 Å². The average Bonchev–Trinajstić information content (AvgIpc) is 3.09. The highest BCUT2D eigenvalue weighted by molar-refractivity contribution is 4.93. The zero-order valence-corrected chi connectivity index (χ0v) is 12.8. The van der Waals surface area contributed by atoms with Gasteiger partial charge in [0.25, 0.3) is 0 Å². The van der Waals surface area contributed by atoms with E-state index in [-0.39, 0.29) is 0 Å². The third-order valence-corrected chi connectivity index (χ3v) is 5.16. The van der Waals surface area contributed by atoms with E-state index in [2.05, 4.69) is 32.6 Å². The molecule has 0 heterocycles. The summed E-state index contributed by atoms with van der Waals surface area (Å²) < 4.78 is 0. The van der Waals surface area contributed by atoms with Crippen LogP contribution in [0.25, 0.3) is 0 Å². The zero-order chi connectivity index (χ0) is 13.3. The molecule has 2 aliphatic rings. The molecule has 18 heavy (non-hydrogen) atoms. The van der Waals surface area contributed by atoms with E-state index in [0.29, 0.717) is 17.5 Å². The van der Waals surface area contributed by atoms with Gasteiger partial charge >= 0.3 is 0 Å². The lowest BCUT2D eigenvalue weighted by molar-refractivity contribution is 0.0695. The van der Waals surface area contributed by atoms with Gasteiger partial charge in [-0.2, -0.15) is 0 Å². The second-order valence-electron chi connectivity index (χ2n) is 7.64. The Kier molecular flexibility index (Phi) is 4.38. The van der Waals surface area contributed by atoms with Gasteiger partial charge in [-0.25, -0.2) is 0 Å². The van der Waals surface area contributed by atoms with Crippen LogP contribution in [0.4, 0.5) is 0 Å². The molecule has 0 aromatic carbocycles. The lowest BCUT2D eigenvalue weighted by Gasteiger charge is -2.45. The first-order valence-electron chi connectivity index (χ1n) is 7.91. The Morgan fingerprint density at radius 3 is 2.28 bits per heavy atom. The molecule has 3 atom stereocenters. The largest absolute Gasteiger partial charge is 0.326 e. The summed E-state index contributed by atoms with van der Waals surface area (Å²) in [4.78, 5) is 2.68. The minimum absolute atomic E-state index is 0.405. The minimum Gasteiger partial charge on any atom is -0.326 e. The number of likely N-dealkylation sites (N-methyl/N-ethyl adjacent to an activating group) is 1. The maximum absolute atomic E-state index is 6.42.